The highest BCUT2D eigenvalue weighted by Crippen LogP contribution is 2.30. The van der Waals surface area contributed by atoms with Gasteiger partial charge in [0, 0.05) is 11.6 Å². The standard InChI is InChI=1S/C11H16Cl2N2O3S/c1-2-8(16)3-4-15-19(17,18)11-9(13)5-7(12)6-10(11)14/h5-6,8,15-16H,2-4,14H2,1H3. The maximum Gasteiger partial charge on any atom is 0.244 e. The molecule has 0 bridgehead atoms. The van der Waals surface area contributed by atoms with Crippen molar-refractivity contribution in [2.45, 2.75) is 30.8 Å². The molecule has 1 aromatic rings. The Hall–Kier alpha value is -0.530. The molecule has 0 saturated carbocycles. The molecular weight excluding hydrogens is 311 g/mol. The van der Waals surface area contributed by atoms with Crippen molar-refractivity contribution in [3.05, 3.63) is 22.2 Å². The van der Waals surface area contributed by atoms with Crippen LogP contribution in [-0.2, 0) is 10.0 Å². The SMILES string of the molecule is CCC(O)CCNS(=O)(=O)c1c(N)cc(Cl)cc1Cl. The second-order valence-corrected chi connectivity index (χ2v) is 6.60. The van der Waals surface area contributed by atoms with Gasteiger partial charge in [-0.15, -0.1) is 0 Å². The molecule has 0 heterocycles. The van der Waals surface area contributed by atoms with Crippen LogP contribution in [0.5, 0.6) is 0 Å². The topological polar surface area (TPSA) is 92.4 Å². The zero-order valence-electron chi connectivity index (χ0n) is 10.4. The monoisotopic (exact) mass is 326 g/mol. The summed E-state index contributed by atoms with van der Waals surface area (Å²) in [7, 11) is -3.82. The first-order chi connectivity index (χ1) is 8.77. The Morgan fingerprint density at radius 1 is 1.42 bits per heavy atom. The molecule has 0 saturated heterocycles. The van der Waals surface area contributed by atoms with Gasteiger partial charge in [0.05, 0.1) is 16.8 Å². The van der Waals surface area contributed by atoms with Crippen molar-refractivity contribution in [1.29, 1.82) is 0 Å². The number of anilines is 1. The number of sulfonamides is 1. The minimum atomic E-state index is -3.82. The van der Waals surface area contributed by atoms with E-state index in [4.69, 9.17) is 28.9 Å². The summed E-state index contributed by atoms with van der Waals surface area (Å²) in [4.78, 5) is -0.190. The first-order valence-electron chi connectivity index (χ1n) is 5.70. The fourth-order valence-corrected chi connectivity index (χ4v) is 3.53. The van der Waals surface area contributed by atoms with Crippen molar-refractivity contribution < 1.29 is 13.5 Å². The number of rotatable bonds is 6. The molecule has 1 unspecified atom stereocenters. The normalized spacial score (nSPS) is 13.5. The number of aliphatic hydroxyl groups is 1. The predicted octanol–water partition coefficient (Wildman–Crippen LogP) is 2.01. The number of hydrogen-bond acceptors (Lipinski definition) is 4. The lowest BCUT2D eigenvalue weighted by atomic mass is 10.2. The Labute approximate surface area is 122 Å². The van der Waals surface area contributed by atoms with E-state index in [9.17, 15) is 13.5 Å². The second kappa shape index (κ2) is 6.76. The molecule has 0 aliphatic heterocycles. The van der Waals surface area contributed by atoms with Gasteiger partial charge < -0.3 is 10.8 Å². The number of halogens is 2. The number of benzene rings is 1. The first-order valence-corrected chi connectivity index (χ1v) is 7.94. The molecule has 1 atom stereocenters. The van der Waals surface area contributed by atoms with E-state index in [0.717, 1.165) is 0 Å². The quantitative estimate of drug-likeness (QED) is 0.697. The van der Waals surface area contributed by atoms with E-state index in [1.54, 1.807) is 0 Å². The van der Waals surface area contributed by atoms with Gasteiger partial charge >= 0.3 is 0 Å². The van der Waals surface area contributed by atoms with E-state index in [1.165, 1.54) is 12.1 Å². The van der Waals surface area contributed by atoms with Crippen LogP contribution in [0.1, 0.15) is 19.8 Å². The average molecular weight is 327 g/mol. The summed E-state index contributed by atoms with van der Waals surface area (Å²) in [5.41, 5.74) is 5.62. The van der Waals surface area contributed by atoms with E-state index in [2.05, 4.69) is 4.72 Å². The highest BCUT2D eigenvalue weighted by atomic mass is 35.5. The third kappa shape index (κ3) is 4.50. The van der Waals surface area contributed by atoms with Crippen LogP contribution in [0.15, 0.2) is 17.0 Å². The number of nitrogens with one attached hydrogen (secondary N) is 1. The average Bonchev–Trinajstić information content (AvgIpc) is 2.26. The largest absolute Gasteiger partial charge is 0.398 e. The molecule has 8 heteroatoms. The van der Waals surface area contributed by atoms with Gasteiger partial charge in [0.2, 0.25) is 10.0 Å². The summed E-state index contributed by atoms with van der Waals surface area (Å²) >= 11 is 11.6. The van der Waals surface area contributed by atoms with E-state index in [-0.39, 0.29) is 27.2 Å². The summed E-state index contributed by atoms with van der Waals surface area (Å²) in [5.74, 6) is 0. The van der Waals surface area contributed by atoms with E-state index in [1.807, 2.05) is 6.92 Å². The number of nitrogens with two attached hydrogens (primary N) is 1. The predicted molar refractivity (Wildman–Crippen MR) is 77.0 cm³/mol. The first kappa shape index (κ1) is 16.5. The molecule has 4 N–H and O–H groups in total. The van der Waals surface area contributed by atoms with E-state index >= 15 is 0 Å². The molecule has 0 radical (unpaired) electrons. The minimum Gasteiger partial charge on any atom is -0.398 e. The zero-order chi connectivity index (χ0) is 14.6. The molecule has 0 aromatic heterocycles. The maximum atomic E-state index is 12.1. The van der Waals surface area contributed by atoms with Crippen molar-refractivity contribution in [1.82, 2.24) is 4.72 Å². The second-order valence-electron chi connectivity index (χ2n) is 4.05. The summed E-state index contributed by atoms with van der Waals surface area (Å²) in [6.45, 7) is 1.92. The Balaban J connectivity index is 2.89. The molecule has 0 spiro atoms. The Kier molecular flexibility index (Phi) is 5.88. The lowest BCUT2D eigenvalue weighted by Crippen LogP contribution is -2.28. The van der Waals surface area contributed by atoms with Gasteiger partial charge in [-0.25, -0.2) is 13.1 Å². The van der Waals surface area contributed by atoms with Crippen LogP contribution in [0, 0.1) is 0 Å². The van der Waals surface area contributed by atoms with Crippen molar-refractivity contribution in [3.8, 4) is 0 Å². The summed E-state index contributed by atoms with van der Waals surface area (Å²) in [6.07, 6.45) is 0.340. The van der Waals surface area contributed by atoms with Crippen LogP contribution in [0.2, 0.25) is 10.0 Å². The summed E-state index contributed by atoms with van der Waals surface area (Å²) in [6, 6.07) is 2.64. The van der Waals surface area contributed by atoms with Gasteiger partial charge in [-0.3, -0.25) is 0 Å². The van der Waals surface area contributed by atoms with Crippen LogP contribution in [0.3, 0.4) is 0 Å². The third-order valence-electron chi connectivity index (χ3n) is 2.55. The van der Waals surface area contributed by atoms with Crippen molar-refractivity contribution in [2.24, 2.45) is 0 Å². The molecule has 1 rings (SSSR count). The molecule has 0 amide bonds. The Bertz CT molecular complexity index is 526. The Morgan fingerprint density at radius 3 is 2.58 bits per heavy atom. The smallest absolute Gasteiger partial charge is 0.244 e. The zero-order valence-corrected chi connectivity index (χ0v) is 12.7. The van der Waals surface area contributed by atoms with E-state index in [0.29, 0.717) is 12.8 Å². The van der Waals surface area contributed by atoms with Crippen LogP contribution in [0.4, 0.5) is 5.69 Å². The van der Waals surface area contributed by atoms with Gasteiger partial charge in [-0.05, 0) is 25.0 Å². The van der Waals surface area contributed by atoms with Gasteiger partial charge in [0.1, 0.15) is 4.90 Å². The van der Waals surface area contributed by atoms with Crippen molar-refractivity contribution in [3.63, 3.8) is 0 Å². The van der Waals surface area contributed by atoms with Crippen molar-refractivity contribution >= 4 is 38.9 Å². The van der Waals surface area contributed by atoms with Crippen LogP contribution in [0.25, 0.3) is 0 Å². The molecule has 0 fully saturated rings. The van der Waals surface area contributed by atoms with Crippen LogP contribution >= 0.6 is 23.2 Å². The minimum absolute atomic E-state index is 0.0129. The van der Waals surface area contributed by atoms with Crippen LogP contribution in [-0.4, -0.2) is 26.2 Å². The summed E-state index contributed by atoms with van der Waals surface area (Å²) in [5, 5.41) is 9.60. The van der Waals surface area contributed by atoms with Gasteiger partial charge in [-0.2, -0.15) is 0 Å². The highest BCUT2D eigenvalue weighted by Gasteiger charge is 2.21. The fourth-order valence-electron chi connectivity index (χ4n) is 1.50. The summed E-state index contributed by atoms with van der Waals surface area (Å²) < 4.78 is 26.5. The molecule has 0 aliphatic rings. The lowest BCUT2D eigenvalue weighted by Gasteiger charge is -2.12. The fraction of sp³-hybridized carbons (Fsp3) is 0.455. The number of hydrogen-bond donors (Lipinski definition) is 3. The van der Waals surface area contributed by atoms with Gasteiger partial charge in [0.25, 0.3) is 0 Å². The Morgan fingerprint density at radius 2 is 2.05 bits per heavy atom. The van der Waals surface area contributed by atoms with Crippen molar-refractivity contribution in [2.75, 3.05) is 12.3 Å². The molecule has 19 heavy (non-hydrogen) atoms. The molecular formula is C11H16Cl2N2O3S. The lowest BCUT2D eigenvalue weighted by molar-refractivity contribution is 0.162. The van der Waals surface area contributed by atoms with Gasteiger partial charge in [0.15, 0.2) is 0 Å². The third-order valence-corrected chi connectivity index (χ3v) is 4.75. The number of aliphatic hydroxyl groups excluding tert-OH is 1. The molecule has 1 aromatic carbocycles. The molecule has 108 valence electrons. The van der Waals surface area contributed by atoms with Crippen LogP contribution < -0.4 is 10.5 Å². The molecule has 0 aliphatic carbocycles. The molecule has 5 nitrogen and oxygen atoms in total. The van der Waals surface area contributed by atoms with Gasteiger partial charge in [-0.1, -0.05) is 30.1 Å². The maximum absolute atomic E-state index is 12.1. The van der Waals surface area contributed by atoms with E-state index < -0.39 is 16.1 Å². The number of nitrogen functional groups attached to an aromatic ring is 1. The highest BCUT2D eigenvalue weighted by molar-refractivity contribution is 7.89.